The predicted molar refractivity (Wildman–Crippen MR) is 93.3 cm³/mol. The molecule has 1 nitrogen and oxygen atoms in total. The minimum Gasteiger partial charge on any atom is -0.303 e. The van der Waals surface area contributed by atoms with Crippen molar-refractivity contribution in [3.8, 4) is 0 Å². The molecule has 0 amide bonds. The molecule has 0 aliphatic rings. The largest absolute Gasteiger partial charge is 0.303 e. The van der Waals surface area contributed by atoms with Crippen LogP contribution in [0, 0.1) is 0 Å². The Morgan fingerprint density at radius 2 is 1.14 bits per heavy atom. The molecule has 0 aromatic heterocycles. The first-order valence-electron chi connectivity index (χ1n) is 7.34. The molecule has 110 valence electrons. The normalized spacial score (nSPS) is 11.4. The summed E-state index contributed by atoms with van der Waals surface area (Å²) in [6.07, 6.45) is 0. The van der Waals surface area contributed by atoms with Crippen molar-refractivity contribution in [2.45, 2.75) is 5.54 Å². The summed E-state index contributed by atoms with van der Waals surface area (Å²) >= 11 is 6.55. The minimum absolute atomic E-state index is 0.471. The van der Waals surface area contributed by atoms with E-state index < -0.39 is 5.54 Å². The standard InChI is InChI=1S/C20H18ClN/c1-22-20(16-10-4-2-5-11-16,17-12-6-3-7-13-17)18-14-8-9-15-19(18)21/h2-15,22H,1H3. The van der Waals surface area contributed by atoms with Crippen LogP contribution in [0.5, 0.6) is 0 Å². The lowest BCUT2D eigenvalue weighted by atomic mass is 9.77. The third-order valence-corrected chi connectivity index (χ3v) is 4.40. The summed E-state index contributed by atoms with van der Waals surface area (Å²) in [7, 11) is 1.98. The molecule has 1 N–H and O–H groups in total. The molecule has 0 aliphatic carbocycles. The highest BCUT2D eigenvalue weighted by Crippen LogP contribution is 2.39. The molecule has 0 fully saturated rings. The highest BCUT2D eigenvalue weighted by molar-refractivity contribution is 6.31. The van der Waals surface area contributed by atoms with Gasteiger partial charge >= 0.3 is 0 Å². The quantitative estimate of drug-likeness (QED) is 0.679. The van der Waals surface area contributed by atoms with Gasteiger partial charge in [-0.2, -0.15) is 0 Å². The van der Waals surface area contributed by atoms with Crippen LogP contribution >= 0.6 is 11.6 Å². The van der Waals surface area contributed by atoms with Crippen LogP contribution in [0.2, 0.25) is 5.02 Å². The Hall–Kier alpha value is -2.09. The maximum atomic E-state index is 6.55. The number of hydrogen-bond donors (Lipinski definition) is 1. The van der Waals surface area contributed by atoms with Crippen LogP contribution < -0.4 is 5.32 Å². The zero-order chi connectivity index (χ0) is 15.4. The SMILES string of the molecule is CNC(c1ccccc1)(c1ccccc1)c1ccccc1Cl. The van der Waals surface area contributed by atoms with E-state index >= 15 is 0 Å². The lowest BCUT2D eigenvalue weighted by Crippen LogP contribution is -2.42. The first-order valence-corrected chi connectivity index (χ1v) is 7.72. The van der Waals surface area contributed by atoms with E-state index in [2.05, 4.69) is 59.9 Å². The van der Waals surface area contributed by atoms with Gasteiger partial charge in [-0.05, 0) is 29.8 Å². The summed E-state index contributed by atoms with van der Waals surface area (Å²) in [5, 5.41) is 4.28. The van der Waals surface area contributed by atoms with Crippen LogP contribution in [-0.4, -0.2) is 7.05 Å². The van der Waals surface area contributed by atoms with Crippen molar-refractivity contribution in [3.63, 3.8) is 0 Å². The topological polar surface area (TPSA) is 12.0 Å². The first kappa shape index (κ1) is 14.8. The Kier molecular flexibility index (Phi) is 4.28. The van der Waals surface area contributed by atoms with E-state index in [0.29, 0.717) is 0 Å². The molecule has 0 aliphatic heterocycles. The van der Waals surface area contributed by atoms with Gasteiger partial charge in [-0.15, -0.1) is 0 Å². The molecule has 0 bridgehead atoms. The Bertz CT molecular complexity index is 698. The number of benzene rings is 3. The smallest absolute Gasteiger partial charge is 0.0959 e. The average molecular weight is 308 g/mol. The summed E-state index contributed by atoms with van der Waals surface area (Å²) in [5.74, 6) is 0. The second-order valence-electron chi connectivity index (χ2n) is 5.21. The fourth-order valence-corrected chi connectivity index (χ4v) is 3.32. The Balaban J connectivity index is 2.34. The van der Waals surface area contributed by atoms with Gasteiger partial charge in [-0.25, -0.2) is 0 Å². The molecule has 0 heterocycles. The van der Waals surface area contributed by atoms with Gasteiger partial charge in [0.2, 0.25) is 0 Å². The van der Waals surface area contributed by atoms with Gasteiger partial charge in [0.25, 0.3) is 0 Å². The third kappa shape index (κ3) is 2.43. The fourth-order valence-electron chi connectivity index (χ4n) is 3.04. The zero-order valence-electron chi connectivity index (χ0n) is 12.5. The van der Waals surface area contributed by atoms with Gasteiger partial charge in [0.05, 0.1) is 5.54 Å². The fraction of sp³-hybridized carbons (Fsp3) is 0.100. The van der Waals surface area contributed by atoms with Gasteiger partial charge < -0.3 is 5.32 Å². The van der Waals surface area contributed by atoms with Crippen molar-refractivity contribution in [1.82, 2.24) is 5.32 Å². The van der Waals surface area contributed by atoms with Crippen LogP contribution in [0.4, 0.5) is 0 Å². The van der Waals surface area contributed by atoms with E-state index in [9.17, 15) is 0 Å². The molecule has 3 aromatic carbocycles. The van der Waals surface area contributed by atoms with Crippen molar-refractivity contribution < 1.29 is 0 Å². The molecule has 0 spiro atoms. The van der Waals surface area contributed by atoms with Crippen molar-refractivity contribution in [2.75, 3.05) is 7.05 Å². The van der Waals surface area contributed by atoms with Crippen molar-refractivity contribution in [1.29, 1.82) is 0 Å². The van der Waals surface area contributed by atoms with Gasteiger partial charge in [0.1, 0.15) is 0 Å². The summed E-state index contributed by atoms with van der Waals surface area (Å²) in [5.41, 5.74) is 2.91. The molecular weight excluding hydrogens is 290 g/mol. The highest BCUT2D eigenvalue weighted by Gasteiger charge is 2.35. The summed E-state index contributed by atoms with van der Waals surface area (Å²) in [6.45, 7) is 0. The molecule has 3 aromatic rings. The van der Waals surface area contributed by atoms with E-state index in [1.807, 2.05) is 37.4 Å². The Morgan fingerprint density at radius 1 is 0.682 bits per heavy atom. The monoisotopic (exact) mass is 307 g/mol. The van der Waals surface area contributed by atoms with E-state index in [-0.39, 0.29) is 0 Å². The first-order chi connectivity index (χ1) is 10.8. The minimum atomic E-state index is -0.471. The second kappa shape index (κ2) is 6.35. The molecular formula is C20H18ClN. The Morgan fingerprint density at radius 3 is 1.59 bits per heavy atom. The molecule has 0 saturated carbocycles. The number of nitrogens with one attached hydrogen (secondary N) is 1. The van der Waals surface area contributed by atoms with Gasteiger partial charge in [0.15, 0.2) is 0 Å². The summed E-state index contributed by atoms with van der Waals surface area (Å²) in [4.78, 5) is 0. The van der Waals surface area contributed by atoms with Crippen molar-refractivity contribution >= 4 is 11.6 Å². The van der Waals surface area contributed by atoms with E-state index in [4.69, 9.17) is 11.6 Å². The van der Waals surface area contributed by atoms with Gasteiger partial charge in [0, 0.05) is 5.02 Å². The number of halogens is 1. The second-order valence-corrected chi connectivity index (χ2v) is 5.62. The molecule has 0 radical (unpaired) electrons. The van der Waals surface area contributed by atoms with E-state index in [1.54, 1.807) is 0 Å². The summed E-state index contributed by atoms with van der Waals surface area (Å²) < 4.78 is 0. The van der Waals surface area contributed by atoms with Crippen LogP contribution in [0.3, 0.4) is 0 Å². The highest BCUT2D eigenvalue weighted by atomic mass is 35.5. The third-order valence-electron chi connectivity index (χ3n) is 4.07. The maximum Gasteiger partial charge on any atom is 0.0959 e. The lowest BCUT2D eigenvalue weighted by Gasteiger charge is -2.36. The molecule has 0 unspecified atom stereocenters. The van der Waals surface area contributed by atoms with Crippen LogP contribution in [-0.2, 0) is 5.54 Å². The van der Waals surface area contributed by atoms with E-state index in [1.165, 1.54) is 0 Å². The molecule has 2 heteroatoms. The van der Waals surface area contributed by atoms with Crippen molar-refractivity contribution in [3.05, 3.63) is 107 Å². The molecule has 22 heavy (non-hydrogen) atoms. The predicted octanol–water partition coefficient (Wildman–Crippen LogP) is 4.85. The number of rotatable bonds is 4. The molecule has 0 saturated heterocycles. The molecule has 0 atom stereocenters. The maximum absolute atomic E-state index is 6.55. The molecule has 3 rings (SSSR count). The number of hydrogen-bond acceptors (Lipinski definition) is 1. The van der Waals surface area contributed by atoms with E-state index in [0.717, 1.165) is 21.7 Å². The van der Waals surface area contributed by atoms with Crippen molar-refractivity contribution in [2.24, 2.45) is 0 Å². The zero-order valence-corrected chi connectivity index (χ0v) is 13.2. The van der Waals surface area contributed by atoms with Crippen LogP contribution in [0.15, 0.2) is 84.9 Å². The van der Waals surface area contributed by atoms with Crippen LogP contribution in [0.25, 0.3) is 0 Å². The lowest BCUT2D eigenvalue weighted by molar-refractivity contribution is 0.525. The average Bonchev–Trinajstić information content (AvgIpc) is 2.59. The summed E-state index contributed by atoms with van der Waals surface area (Å²) in [6, 6.07) is 28.8. The Labute approximate surface area is 136 Å². The van der Waals surface area contributed by atoms with Gasteiger partial charge in [-0.3, -0.25) is 0 Å². The van der Waals surface area contributed by atoms with Gasteiger partial charge in [-0.1, -0.05) is 90.5 Å². The van der Waals surface area contributed by atoms with Crippen LogP contribution in [0.1, 0.15) is 16.7 Å².